The summed E-state index contributed by atoms with van der Waals surface area (Å²) in [5.41, 5.74) is 0.700. The van der Waals surface area contributed by atoms with E-state index in [1.54, 1.807) is 30.3 Å². The van der Waals surface area contributed by atoms with Gasteiger partial charge in [-0.2, -0.15) is 0 Å². The zero-order valence-electron chi connectivity index (χ0n) is 13.1. The molecule has 0 amide bonds. The van der Waals surface area contributed by atoms with Gasteiger partial charge in [0.1, 0.15) is 12.4 Å². The van der Waals surface area contributed by atoms with Gasteiger partial charge < -0.3 is 9.47 Å². The van der Waals surface area contributed by atoms with Gasteiger partial charge in [-0.05, 0) is 30.3 Å². The number of carbonyl (C=O) groups is 1. The van der Waals surface area contributed by atoms with Gasteiger partial charge >= 0.3 is 5.97 Å². The Labute approximate surface area is 149 Å². The zero-order valence-corrected chi connectivity index (χ0v) is 15.5. The molecule has 2 aromatic carbocycles. The molecule has 0 heterocycles. The summed E-state index contributed by atoms with van der Waals surface area (Å²) in [4.78, 5) is 12.0. The molecule has 0 fully saturated rings. The first-order chi connectivity index (χ1) is 11.4. The number of halogens is 1. The van der Waals surface area contributed by atoms with Crippen LogP contribution >= 0.6 is 15.9 Å². The number of sulfone groups is 1. The van der Waals surface area contributed by atoms with Crippen molar-refractivity contribution in [1.82, 2.24) is 0 Å². The van der Waals surface area contributed by atoms with E-state index in [0.717, 1.165) is 4.47 Å². The molecule has 0 saturated heterocycles. The first-order valence-corrected chi connectivity index (χ1v) is 9.63. The number of hydrogen-bond acceptors (Lipinski definition) is 5. The summed E-state index contributed by atoms with van der Waals surface area (Å²) < 4.78 is 35.4. The third-order valence-electron chi connectivity index (χ3n) is 3.31. The number of benzene rings is 2. The summed E-state index contributed by atoms with van der Waals surface area (Å²) in [6, 6.07) is 13.4. The van der Waals surface area contributed by atoms with Crippen LogP contribution in [0.5, 0.6) is 5.75 Å². The summed E-state index contributed by atoms with van der Waals surface area (Å²) in [5.74, 6) is -0.259. The average Bonchev–Trinajstić information content (AvgIpc) is 2.59. The SMILES string of the molecule is COc1ccc(Br)cc1COC(=O)CCS(=O)(=O)c1ccccc1. The van der Waals surface area contributed by atoms with E-state index >= 15 is 0 Å². The molecule has 0 atom stereocenters. The number of hydrogen-bond donors (Lipinski definition) is 0. The molecule has 0 aliphatic carbocycles. The third kappa shape index (κ3) is 5.07. The van der Waals surface area contributed by atoms with Gasteiger partial charge in [-0.1, -0.05) is 34.1 Å². The van der Waals surface area contributed by atoms with Gasteiger partial charge in [0.05, 0.1) is 24.2 Å². The maximum atomic E-state index is 12.1. The van der Waals surface area contributed by atoms with Crippen LogP contribution in [-0.2, 0) is 26.0 Å². The van der Waals surface area contributed by atoms with Crippen LogP contribution in [0.1, 0.15) is 12.0 Å². The van der Waals surface area contributed by atoms with Crippen molar-refractivity contribution in [2.24, 2.45) is 0 Å². The second-order valence-electron chi connectivity index (χ2n) is 5.00. The first kappa shape index (κ1) is 18.5. The fourth-order valence-corrected chi connectivity index (χ4v) is 3.71. The van der Waals surface area contributed by atoms with Crippen molar-refractivity contribution < 1.29 is 22.7 Å². The van der Waals surface area contributed by atoms with E-state index in [1.807, 2.05) is 6.07 Å². The Kier molecular flexibility index (Phi) is 6.39. The highest BCUT2D eigenvalue weighted by atomic mass is 79.9. The molecule has 0 bridgehead atoms. The molecule has 0 unspecified atom stereocenters. The van der Waals surface area contributed by atoms with Gasteiger partial charge in [0.25, 0.3) is 0 Å². The summed E-state index contributed by atoms with van der Waals surface area (Å²) >= 11 is 3.34. The predicted octanol–water partition coefficient (Wildman–Crippen LogP) is 3.36. The van der Waals surface area contributed by atoms with Crippen LogP contribution in [0.4, 0.5) is 0 Å². The quantitative estimate of drug-likeness (QED) is 0.651. The molecule has 2 rings (SSSR count). The standard InChI is InChI=1S/C17H17BrO5S/c1-22-16-8-7-14(18)11-13(16)12-23-17(19)9-10-24(20,21)15-5-3-2-4-6-15/h2-8,11H,9-10,12H2,1H3. The Bertz CT molecular complexity index is 803. The fraction of sp³-hybridized carbons (Fsp3) is 0.235. The van der Waals surface area contributed by atoms with Crippen LogP contribution in [-0.4, -0.2) is 27.2 Å². The minimum Gasteiger partial charge on any atom is -0.496 e. The van der Waals surface area contributed by atoms with Crippen LogP contribution in [0.3, 0.4) is 0 Å². The second-order valence-corrected chi connectivity index (χ2v) is 8.02. The molecule has 0 saturated carbocycles. The molecule has 0 N–H and O–H groups in total. The fourth-order valence-electron chi connectivity index (χ4n) is 2.05. The van der Waals surface area contributed by atoms with Crippen LogP contribution in [0.2, 0.25) is 0 Å². The van der Waals surface area contributed by atoms with Crippen LogP contribution in [0.15, 0.2) is 57.9 Å². The Morgan fingerprint density at radius 3 is 2.50 bits per heavy atom. The molecule has 0 spiro atoms. The van der Waals surface area contributed by atoms with E-state index in [1.165, 1.54) is 19.2 Å². The van der Waals surface area contributed by atoms with Crippen molar-refractivity contribution in [3.8, 4) is 5.75 Å². The summed E-state index contributed by atoms with van der Waals surface area (Å²) in [7, 11) is -1.96. The van der Waals surface area contributed by atoms with Crippen LogP contribution in [0, 0.1) is 0 Å². The highest BCUT2D eigenvalue weighted by molar-refractivity contribution is 9.10. The predicted molar refractivity (Wildman–Crippen MR) is 93.6 cm³/mol. The zero-order chi connectivity index (χ0) is 17.6. The minimum absolute atomic E-state index is 0.0207. The molecular formula is C17H17BrO5S. The summed E-state index contributed by atoms with van der Waals surface area (Å²) in [6.07, 6.45) is -0.201. The van der Waals surface area contributed by atoms with Gasteiger partial charge in [0, 0.05) is 10.0 Å². The van der Waals surface area contributed by atoms with Gasteiger partial charge in [-0.15, -0.1) is 0 Å². The highest BCUT2D eigenvalue weighted by Gasteiger charge is 2.17. The largest absolute Gasteiger partial charge is 0.496 e. The Balaban J connectivity index is 1.92. The Hall–Kier alpha value is -1.86. The van der Waals surface area contributed by atoms with Crippen molar-refractivity contribution in [3.05, 3.63) is 58.6 Å². The lowest BCUT2D eigenvalue weighted by molar-refractivity contribution is -0.144. The normalized spacial score (nSPS) is 11.1. The minimum atomic E-state index is -3.49. The molecule has 128 valence electrons. The lowest BCUT2D eigenvalue weighted by Crippen LogP contribution is -2.13. The van der Waals surface area contributed by atoms with E-state index in [9.17, 15) is 13.2 Å². The average molecular weight is 413 g/mol. The van der Waals surface area contributed by atoms with Gasteiger partial charge in [0.15, 0.2) is 9.84 Å². The second kappa shape index (κ2) is 8.30. The molecule has 24 heavy (non-hydrogen) atoms. The number of carbonyl (C=O) groups excluding carboxylic acids is 1. The molecule has 5 nitrogen and oxygen atoms in total. The highest BCUT2D eigenvalue weighted by Crippen LogP contribution is 2.23. The lowest BCUT2D eigenvalue weighted by atomic mass is 10.2. The van der Waals surface area contributed by atoms with Crippen molar-refractivity contribution in [1.29, 1.82) is 0 Å². The van der Waals surface area contributed by atoms with Crippen molar-refractivity contribution in [2.75, 3.05) is 12.9 Å². The molecule has 0 aliphatic rings. The molecule has 2 aromatic rings. The van der Waals surface area contributed by atoms with E-state index in [2.05, 4.69) is 15.9 Å². The van der Waals surface area contributed by atoms with Gasteiger partial charge in [-0.3, -0.25) is 4.79 Å². The Morgan fingerprint density at radius 1 is 1.12 bits per heavy atom. The topological polar surface area (TPSA) is 69.7 Å². The molecular weight excluding hydrogens is 396 g/mol. The van der Waals surface area contributed by atoms with Gasteiger partial charge in [-0.25, -0.2) is 8.42 Å². The van der Waals surface area contributed by atoms with Crippen molar-refractivity contribution in [3.63, 3.8) is 0 Å². The maximum Gasteiger partial charge on any atom is 0.307 e. The first-order valence-electron chi connectivity index (χ1n) is 7.18. The molecule has 0 aliphatic heterocycles. The summed E-state index contributed by atoms with van der Waals surface area (Å²) in [6.45, 7) is 0.0207. The monoisotopic (exact) mass is 412 g/mol. The van der Waals surface area contributed by atoms with Gasteiger partial charge in [0.2, 0.25) is 0 Å². The number of rotatable bonds is 7. The third-order valence-corrected chi connectivity index (χ3v) is 5.53. The number of esters is 1. The van der Waals surface area contributed by atoms with Crippen LogP contribution in [0.25, 0.3) is 0 Å². The van der Waals surface area contributed by atoms with E-state index in [0.29, 0.717) is 11.3 Å². The van der Waals surface area contributed by atoms with E-state index < -0.39 is 15.8 Å². The summed E-state index contributed by atoms with van der Waals surface area (Å²) in [5, 5.41) is 0. The number of methoxy groups -OCH3 is 1. The van der Waals surface area contributed by atoms with E-state index in [-0.39, 0.29) is 23.7 Å². The molecule has 0 radical (unpaired) electrons. The maximum absolute atomic E-state index is 12.1. The lowest BCUT2D eigenvalue weighted by Gasteiger charge is -2.10. The Morgan fingerprint density at radius 2 is 1.83 bits per heavy atom. The number of ether oxygens (including phenoxy) is 2. The van der Waals surface area contributed by atoms with Crippen molar-refractivity contribution in [2.45, 2.75) is 17.9 Å². The smallest absolute Gasteiger partial charge is 0.307 e. The molecule has 7 heteroatoms. The van der Waals surface area contributed by atoms with Crippen molar-refractivity contribution >= 4 is 31.7 Å². The molecule has 0 aromatic heterocycles. The van der Waals surface area contributed by atoms with E-state index in [4.69, 9.17) is 9.47 Å². The van der Waals surface area contributed by atoms with Crippen LogP contribution < -0.4 is 4.74 Å².